The molecular weight excluding hydrogens is 264 g/mol. The minimum absolute atomic E-state index is 0.605. The van der Waals surface area contributed by atoms with Gasteiger partial charge < -0.3 is 9.80 Å². The molecule has 0 aromatic heterocycles. The van der Waals surface area contributed by atoms with Crippen molar-refractivity contribution in [2.24, 2.45) is 5.41 Å². The number of rotatable bonds is 8. The highest BCUT2D eigenvalue weighted by Gasteiger charge is 2.36. The number of nitrogens with zero attached hydrogens (tertiary/aromatic N) is 2. The summed E-state index contributed by atoms with van der Waals surface area (Å²) in [5, 5.41) is 1.18. The first kappa shape index (κ1) is 14.5. The lowest BCUT2D eigenvalue weighted by atomic mass is 9.70. The minimum Gasteiger partial charge on any atom is -0.309 e. The van der Waals surface area contributed by atoms with Crippen LogP contribution in [0.2, 0.25) is 0 Å². The first-order chi connectivity index (χ1) is 7.62. The quantitative estimate of drug-likeness (QED) is 0.635. The van der Waals surface area contributed by atoms with E-state index in [0.717, 1.165) is 0 Å². The van der Waals surface area contributed by atoms with Crippen LogP contribution in [0.5, 0.6) is 0 Å². The van der Waals surface area contributed by atoms with Crippen molar-refractivity contribution in [3.05, 3.63) is 0 Å². The van der Waals surface area contributed by atoms with Gasteiger partial charge in [0.05, 0.1) is 0 Å². The van der Waals surface area contributed by atoms with Gasteiger partial charge in [-0.3, -0.25) is 0 Å². The zero-order chi connectivity index (χ0) is 12.0. The molecule has 0 spiro atoms. The fraction of sp³-hybridized carbons (Fsp3) is 1.00. The van der Waals surface area contributed by atoms with Gasteiger partial charge in [-0.2, -0.15) is 0 Å². The summed E-state index contributed by atoms with van der Waals surface area (Å²) in [4.78, 5) is 4.90. The molecule has 96 valence electrons. The van der Waals surface area contributed by atoms with Crippen molar-refractivity contribution in [2.75, 3.05) is 45.6 Å². The fourth-order valence-corrected chi connectivity index (χ4v) is 3.18. The van der Waals surface area contributed by atoms with Gasteiger partial charge >= 0.3 is 0 Å². The third-order valence-corrected chi connectivity index (χ3v) is 4.97. The number of halogens is 1. The lowest BCUT2D eigenvalue weighted by molar-refractivity contribution is 0.0921. The van der Waals surface area contributed by atoms with E-state index in [4.69, 9.17) is 0 Å². The Morgan fingerprint density at radius 2 is 1.88 bits per heavy atom. The second kappa shape index (κ2) is 6.97. The second-order valence-electron chi connectivity index (χ2n) is 5.51. The first-order valence-electron chi connectivity index (χ1n) is 6.55. The molecule has 1 fully saturated rings. The van der Waals surface area contributed by atoms with Crippen molar-refractivity contribution in [2.45, 2.75) is 32.6 Å². The van der Waals surface area contributed by atoms with Crippen LogP contribution in [-0.4, -0.2) is 55.4 Å². The van der Waals surface area contributed by atoms with Crippen molar-refractivity contribution in [3.63, 3.8) is 0 Å². The summed E-state index contributed by atoms with van der Waals surface area (Å²) in [5.74, 6) is 0. The first-order valence-corrected chi connectivity index (χ1v) is 7.67. The highest BCUT2D eigenvalue weighted by atomic mass is 79.9. The highest BCUT2D eigenvalue weighted by Crippen LogP contribution is 2.42. The molecule has 0 heterocycles. The monoisotopic (exact) mass is 290 g/mol. The summed E-state index contributed by atoms with van der Waals surface area (Å²) < 4.78 is 0. The second-order valence-corrected chi connectivity index (χ2v) is 6.07. The van der Waals surface area contributed by atoms with Gasteiger partial charge in [-0.15, -0.1) is 0 Å². The summed E-state index contributed by atoms with van der Waals surface area (Å²) in [6, 6.07) is 0. The van der Waals surface area contributed by atoms with Crippen molar-refractivity contribution >= 4 is 15.9 Å². The van der Waals surface area contributed by atoms with Crippen LogP contribution >= 0.6 is 15.9 Å². The molecule has 1 aliphatic rings. The van der Waals surface area contributed by atoms with Crippen molar-refractivity contribution in [1.82, 2.24) is 9.80 Å². The van der Waals surface area contributed by atoms with Crippen LogP contribution in [0.4, 0.5) is 0 Å². The van der Waals surface area contributed by atoms with Crippen LogP contribution in [0.1, 0.15) is 32.6 Å². The van der Waals surface area contributed by atoms with E-state index in [9.17, 15) is 0 Å². The standard InChI is InChI=1S/C13H27BrN2/c1-4-16(10-6-9-15(2)3)12-13(11-14)7-5-8-13/h4-12H2,1-3H3. The minimum atomic E-state index is 0.605. The zero-order valence-corrected chi connectivity index (χ0v) is 12.7. The Kier molecular flexibility index (Phi) is 6.30. The van der Waals surface area contributed by atoms with Crippen LogP contribution in [-0.2, 0) is 0 Å². The van der Waals surface area contributed by atoms with E-state index in [-0.39, 0.29) is 0 Å². The molecule has 0 radical (unpaired) electrons. The van der Waals surface area contributed by atoms with E-state index < -0.39 is 0 Å². The Bertz CT molecular complexity index is 185. The van der Waals surface area contributed by atoms with Gasteiger partial charge in [-0.1, -0.05) is 29.3 Å². The van der Waals surface area contributed by atoms with Gasteiger partial charge in [0, 0.05) is 11.9 Å². The maximum Gasteiger partial charge on any atom is 0.0100 e. The van der Waals surface area contributed by atoms with Crippen molar-refractivity contribution in [3.8, 4) is 0 Å². The molecule has 0 amide bonds. The average Bonchev–Trinajstić information content (AvgIpc) is 2.20. The average molecular weight is 291 g/mol. The Hall–Kier alpha value is 0.400. The smallest absolute Gasteiger partial charge is 0.0100 e. The third-order valence-electron chi connectivity index (χ3n) is 3.78. The van der Waals surface area contributed by atoms with E-state index in [1.54, 1.807) is 0 Å². The molecule has 0 N–H and O–H groups in total. The summed E-state index contributed by atoms with van der Waals surface area (Å²) >= 11 is 3.70. The maximum atomic E-state index is 3.70. The lowest BCUT2D eigenvalue weighted by Gasteiger charge is -2.44. The van der Waals surface area contributed by atoms with Gasteiger partial charge in [0.2, 0.25) is 0 Å². The molecule has 0 aromatic carbocycles. The molecule has 1 saturated carbocycles. The molecule has 0 bridgehead atoms. The molecular formula is C13H27BrN2. The van der Waals surface area contributed by atoms with Gasteiger partial charge in [0.25, 0.3) is 0 Å². The zero-order valence-electron chi connectivity index (χ0n) is 11.1. The number of hydrogen-bond donors (Lipinski definition) is 0. The molecule has 0 saturated heterocycles. The fourth-order valence-electron chi connectivity index (χ4n) is 2.44. The largest absolute Gasteiger partial charge is 0.309 e. The number of hydrogen-bond acceptors (Lipinski definition) is 2. The maximum absolute atomic E-state index is 3.70. The number of alkyl halides is 1. The van der Waals surface area contributed by atoms with Crippen LogP contribution in [0.25, 0.3) is 0 Å². The molecule has 0 aromatic rings. The SMILES string of the molecule is CCN(CCCN(C)C)CC1(CBr)CCC1. The third kappa shape index (κ3) is 4.34. The van der Waals surface area contributed by atoms with E-state index in [0.29, 0.717) is 5.41 Å². The summed E-state index contributed by atoms with van der Waals surface area (Å²) in [6.45, 7) is 7.24. The van der Waals surface area contributed by atoms with Crippen LogP contribution in [0.15, 0.2) is 0 Å². The van der Waals surface area contributed by atoms with Gasteiger partial charge in [0.1, 0.15) is 0 Å². The molecule has 0 aliphatic heterocycles. The Labute approximate surface area is 109 Å². The van der Waals surface area contributed by atoms with E-state index in [1.807, 2.05) is 0 Å². The highest BCUT2D eigenvalue weighted by molar-refractivity contribution is 9.09. The molecule has 0 atom stereocenters. The Morgan fingerprint density at radius 3 is 2.25 bits per heavy atom. The van der Waals surface area contributed by atoms with E-state index in [1.165, 1.54) is 57.2 Å². The molecule has 1 rings (SSSR count). The van der Waals surface area contributed by atoms with E-state index in [2.05, 4.69) is 46.7 Å². The van der Waals surface area contributed by atoms with Crippen molar-refractivity contribution < 1.29 is 0 Å². The van der Waals surface area contributed by atoms with Gasteiger partial charge in [-0.05, 0) is 58.4 Å². The summed E-state index contributed by atoms with van der Waals surface area (Å²) in [6.07, 6.45) is 5.56. The topological polar surface area (TPSA) is 6.48 Å². The van der Waals surface area contributed by atoms with Gasteiger partial charge in [-0.25, -0.2) is 0 Å². The Balaban J connectivity index is 2.25. The lowest BCUT2D eigenvalue weighted by Crippen LogP contribution is -2.44. The molecule has 3 heteroatoms. The molecule has 2 nitrogen and oxygen atoms in total. The summed E-state index contributed by atoms with van der Waals surface area (Å²) in [7, 11) is 4.31. The normalized spacial score (nSPS) is 19.1. The van der Waals surface area contributed by atoms with Gasteiger partial charge in [0.15, 0.2) is 0 Å². The molecule has 0 unspecified atom stereocenters. The van der Waals surface area contributed by atoms with Crippen LogP contribution < -0.4 is 0 Å². The van der Waals surface area contributed by atoms with E-state index >= 15 is 0 Å². The van der Waals surface area contributed by atoms with Crippen molar-refractivity contribution in [1.29, 1.82) is 0 Å². The predicted molar refractivity (Wildman–Crippen MR) is 75.4 cm³/mol. The Morgan fingerprint density at radius 1 is 1.19 bits per heavy atom. The molecule has 16 heavy (non-hydrogen) atoms. The van der Waals surface area contributed by atoms with Crippen LogP contribution in [0, 0.1) is 5.41 Å². The van der Waals surface area contributed by atoms with Crippen LogP contribution in [0.3, 0.4) is 0 Å². The summed E-state index contributed by atoms with van der Waals surface area (Å²) in [5.41, 5.74) is 0.605. The molecule has 1 aliphatic carbocycles. The predicted octanol–water partition coefficient (Wildman–Crippen LogP) is 2.83.